The molecule has 3 aromatic rings. The van der Waals surface area contributed by atoms with Crippen molar-refractivity contribution >= 4 is 18.0 Å². The lowest BCUT2D eigenvalue weighted by atomic mass is 9.98. The highest BCUT2D eigenvalue weighted by Crippen LogP contribution is 2.44. The third-order valence-electron chi connectivity index (χ3n) is 6.06. The van der Waals surface area contributed by atoms with Crippen LogP contribution in [-0.2, 0) is 14.3 Å². The number of hydrogen-bond donors (Lipinski definition) is 3. The summed E-state index contributed by atoms with van der Waals surface area (Å²) in [5, 5.41) is 14.3. The third kappa shape index (κ3) is 5.48. The van der Waals surface area contributed by atoms with Crippen LogP contribution in [-0.4, -0.2) is 35.7 Å². The highest BCUT2D eigenvalue weighted by atomic mass is 19.1. The zero-order valence-corrected chi connectivity index (χ0v) is 19.0. The number of amides is 2. The number of alkyl carbamates (subject to hydrolysis) is 1. The summed E-state index contributed by atoms with van der Waals surface area (Å²) in [4.78, 5) is 36.6. The Balaban J connectivity index is 1.40. The van der Waals surface area contributed by atoms with Crippen LogP contribution in [0.2, 0.25) is 0 Å². The van der Waals surface area contributed by atoms with Crippen molar-refractivity contribution in [2.45, 2.75) is 31.3 Å². The fourth-order valence-corrected chi connectivity index (χ4v) is 4.32. The van der Waals surface area contributed by atoms with E-state index in [9.17, 15) is 23.9 Å². The average molecular weight is 477 g/mol. The van der Waals surface area contributed by atoms with Gasteiger partial charge < -0.3 is 20.5 Å². The summed E-state index contributed by atoms with van der Waals surface area (Å²) in [6, 6.07) is 19.5. The molecular weight excluding hydrogens is 451 g/mol. The Kier molecular flexibility index (Phi) is 7.10. The second-order valence-electron chi connectivity index (χ2n) is 8.40. The number of carboxylic acid groups (broad SMARTS) is 1. The van der Waals surface area contributed by atoms with Crippen molar-refractivity contribution in [1.29, 1.82) is 0 Å². The topological polar surface area (TPSA) is 105 Å². The molecule has 1 unspecified atom stereocenters. The molecule has 1 aliphatic carbocycles. The Labute approximate surface area is 201 Å². The summed E-state index contributed by atoms with van der Waals surface area (Å²) in [6.07, 6.45) is -1.51. The van der Waals surface area contributed by atoms with Crippen LogP contribution >= 0.6 is 0 Å². The molecule has 4 rings (SSSR count). The number of aliphatic carboxylic acids is 1. The van der Waals surface area contributed by atoms with Crippen molar-refractivity contribution < 1.29 is 28.6 Å². The number of carboxylic acids is 1. The van der Waals surface area contributed by atoms with E-state index in [4.69, 9.17) is 4.74 Å². The standard InChI is InChI=1S/C27H25FN2O5/c1-16(17-10-12-18(28)13-11-17)29-26(33)24(14-25(31)32)30-27(34)35-15-23-21-8-4-2-6-19(21)20-7-3-5-9-22(20)23/h2-13,16,23-24H,14-15H2,1H3,(H,29,33)(H,30,34)(H,31,32)/t16-,24?/m1/s1. The highest BCUT2D eigenvalue weighted by Gasteiger charge is 2.30. The van der Waals surface area contributed by atoms with E-state index in [1.54, 1.807) is 6.92 Å². The van der Waals surface area contributed by atoms with Gasteiger partial charge in [-0.05, 0) is 46.9 Å². The van der Waals surface area contributed by atoms with Crippen LogP contribution in [0.3, 0.4) is 0 Å². The predicted molar refractivity (Wildman–Crippen MR) is 127 cm³/mol. The fourth-order valence-electron chi connectivity index (χ4n) is 4.32. The first kappa shape index (κ1) is 23.9. The zero-order chi connectivity index (χ0) is 24.9. The lowest BCUT2D eigenvalue weighted by Gasteiger charge is -2.21. The van der Waals surface area contributed by atoms with E-state index in [2.05, 4.69) is 10.6 Å². The van der Waals surface area contributed by atoms with Gasteiger partial charge in [0.25, 0.3) is 0 Å². The van der Waals surface area contributed by atoms with E-state index in [1.807, 2.05) is 48.5 Å². The molecule has 0 aliphatic heterocycles. The van der Waals surface area contributed by atoms with Gasteiger partial charge in [0.1, 0.15) is 18.5 Å². The second kappa shape index (κ2) is 10.4. The van der Waals surface area contributed by atoms with E-state index in [-0.39, 0.29) is 12.5 Å². The second-order valence-corrected chi connectivity index (χ2v) is 8.40. The third-order valence-corrected chi connectivity index (χ3v) is 6.06. The number of halogens is 1. The summed E-state index contributed by atoms with van der Waals surface area (Å²) in [5.74, 6) is -2.51. The Hall–Kier alpha value is -4.20. The van der Waals surface area contributed by atoms with E-state index < -0.39 is 42.3 Å². The molecule has 0 saturated carbocycles. The van der Waals surface area contributed by atoms with Crippen molar-refractivity contribution in [1.82, 2.24) is 10.6 Å². The average Bonchev–Trinajstić information content (AvgIpc) is 3.16. The molecule has 0 saturated heterocycles. The summed E-state index contributed by atoms with van der Waals surface area (Å²) >= 11 is 0. The first-order valence-corrected chi connectivity index (χ1v) is 11.2. The molecule has 0 heterocycles. The largest absolute Gasteiger partial charge is 0.481 e. The monoisotopic (exact) mass is 476 g/mol. The maximum Gasteiger partial charge on any atom is 0.407 e. The number of hydrogen-bond acceptors (Lipinski definition) is 4. The van der Waals surface area contributed by atoms with Gasteiger partial charge in [0.15, 0.2) is 0 Å². The molecule has 3 aromatic carbocycles. The van der Waals surface area contributed by atoms with Gasteiger partial charge in [-0.1, -0.05) is 60.7 Å². The molecule has 0 spiro atoms. The molecule has 0 fully saturated rings. The molecular formula is C27H25FN2O5. The highest BCUT2D eigenvalue weighted by molar-refractivity contribution is 5.89. The molecule has 180 valence electrons. The number of benzene rings is 3. The molecule has 0 radical (unpaired) electrons. The predicted octanol–water partition coefficient (Wildman–Crippen LogP) is 4.38. The summed E-state index contributed by atoms with van der Waals surface area (Å²) in [7, 11) is 0. The van der Waals surface area contributed by atoms with Crippen LogP contribution in [0.15, 0.2) is 72.8 Å². The minimum atomic E-state index is -1.34. The maximum absolute atomic E-state index is 13.2. The number of carbonyl (C=O) groups excluding carboxylic acids is 2. The van der Waals surface area contributed by atoms with Crippen LogP contribution < -0.4 is 10.6 Å². The maximum atomic E-state index is 13.2. The van der Waals surface area contributed by atoms with Crippen LogP contribution in [0, 0.1) is 5.82 Å². The van der Waals surface area contributed by atoms with Crippen molar-refractivity contribution in [3.63, 3.8) is 0 Å². The van der Waals surface area contributed by atoms with E-state index >= 15 is 0 Å². The quantitative estimate of drug-likeness (QED) is 0.447. The van der Waals surface area contributed by atoms with Crippen molar-refractivity contribution in [3.05, 3.63) is 95.3 Å². The number of nitrogens with one attached hydrogen (secondary N) is 2. The van der Waals surface area contributed by atoms with Gasteiger partial charge >= 0.3 is 12.1 Å². The molecule has 8 heteroatoms. The van der Waals surface area contributed by atoms with Crippen molar-refractivity contribution in [2.24, 2.45) is 0 Å². The molecule has 7 nitrogen and oxygen atoms in total. The molecule has 2 amide bonds. The summed E-state index contributed by atoms with van der Waals surface area (Å²) in [5.41, 5.74) is 4.86. The Morgan fingerprint density at radius 1 is 0.914 bits per heavy atom. The number of ether oxygens (including phenoxy) is 1. The normalized spacial score (nSPS) is 13.8. The van der Waals surface area contributed by atoms with Crippen LogP contribution in [0.4, 0.5) is 9.18 Å². The molecule has 1 aliphatic rings. The molecule has 3 N–H and O–H groups in total. The Morgan fingerprint density at radius 3 is 2.06 bits per heavy atom. The van der Waals surface area contributed by atoms with E-state index in [0.717, 1.165) is 22.3 Å². The van der Waals surface area contributed by atoms with Gasteiger partial charge in [-0.3, -0.25) is 9.59 Å². The number of rotatable bonds is 8. The molecule has 35 heavy (non-hydrogen) atoms. The minimum Gasteiger partial charge on any atom is -0.481 e. The Bertz CT molecular complexity index is 1200. The zero-order valence-electron chi connectivity index (χ0n) is 19.0. The summed E-state index contributed by atoms with van der Waals surface area (Å²) < 4.78 is 18.6. The van der Waals surface area contributed by atoms with Crippen LogP contribution in [0.25, 0.3) is 11.1 Å². The molecule has 2 atom stereocenters. The Morgan fingerprint density at radius 2 is 1.49 bits per heavy atom. The molecule has 0 bridgehead atoms. The van der Waals surface area contributed by atoms with E-state index in [1.165, 1.54) is 24.3 Å². The lowest BCUT2D eigenvalue weighted by Crippen LogP contribution is -2.48. The smallest absolute Gasteiger partial charge is 0.407 e. The SMILES string of the molecule is C[C@@H](NC(=O)C(CC(=O)O)NC(=O)OCC1c2ccccc2-c2ccccc21)c1ccc(F)cc1. The van der Waals surface area contributed by atoms with E-state index in [0.29, 0.717) is 5.56 Å². The first-order valence-electron chi connectivity index (χ1n) is 11.2. The number of fused-ring (bicyclic) bond motifs is 3. The minimum absolute atomic E-state index is 0.0350. The summed E-state index contributed by atoms with van der Waals surface area (Å²) in [6.45, 7) is 1.71. The van der Waals surface area contributed by atoms with Crippen molar-refractivity contribution in [2.75, 3.05) is 6.61 Å². The van der Waals surface area contributed by atoms with Crippen LogP contribution in [0.5, 0.6) is 0 Å². The van der Waals surface area contributed by atoms with Gasteiger partial charge in [0.05, 0.1) is 12.5 Å². The lowest BCUT2D eigenvalue weighted by molar-refractivity contribution is -0.140. The van der Waals surface area contributed by atoms with Gasteiger partial charge in [0.2, 0.25) is 5.91 Å². The van der Waals surface area contributed by atoms with Crippen molar-refractivity contribution in [3.8, 4) is 11.1 Å². The fraction of sp³-hybridized carbons (Fsp3) is 0.222. The number of carbonyl (C=O) groups is 3. The van der Waals surface area contributed by atoms with Gasteiger partial charge in [-0.2, -0.15) is 0 Å². The first-order chi connectivity index (χ1) is 16.8. The van der Waals surface area contributed by atoms with Gasteiger partial charge in [-0.15, -0.1) is 0 Å². The molecule has 0 aromatic heterocycles. The van der Waals surface area contributed by atoms with Gasteiger partial charge in [-0.25, -0.2) is 9.18 Å². The van der Waals surface area contributed by atoms with Gasteiger partial charge in [0, 0.05) is 5.92 Å². The van der Waals surface area contributed by atoms with Crippen LogP contribution in [0.1, 0.15) is 42.0 Å².